The highest BCUT2D eigenvalue weighted by atomic mass is 32.2. The minimum Gasteiger partial charge on any atom is -0.480 e. The zero-order valence-corrected chi connectivity index (χ0v) is 9.97. The zero-order valence-electron chi connectivity index (χ0n) is 9.16. The van der Waals surface area contributed by atoms with E-state index in [1.54, 1.807) is 13.8 Å². The number of nitrogens with one attached hydrogen (secondary N) is 1. The van der Waals surface area contributed by atoms with E-state index in [2.05, 4.69) is 5.32 Å². The third kappa shape index (κ3) is 4.83. The van der Waals surface area contributed by atoms with E-state index in [9.17, 15) is 14.4 Å². The molecule has 0 aromatic heterocycles. The Labute approximate surface area is 92.6 Å². The molecular weight excluding hydrogens is 218 g/mol. The standard InChI is InChI=1S/C9H15NO4S/c1-5(11)10-7(8(13)14)9(3,4)15-6(2)12/h7H,1-4H3,(H,10,11)(H,13,14)/t7-/m1/s1. The monoisotopic (exact) mass is 233 g/mol. The molecule has 1 amide bonds. The summed E-state index contributed by atoms with van der Waals surface area (Å²) in [7, 11) is 0. The summed E-state index contributed by atoms with van der Waals surface area (Å²) in [5, 5.41) is 11.1. The molecular formula is C9H15NO4S. The van der Waals surface area contributed by atoms with Crippen LogP contribution < -0.4 is 5.32 Å². The molecule has 0 saturated heterocycles. The average molecular weight is 233 g/mol. The van der Waals surface area contributed by atoms with Crippen molar-refractivity contribution in [2.75, 3.05) is 0 Å². The number of amides is 1. The number of carboxylic acid groups (broad SMARTS) is 1. The number of carboxylic acids is 1. The van der Waals surface area contributed by atoms with Gasteiger partial charge in [0.05, 0.1) is 0 Å². The van der Waals surface area contributed by atoms with Gasteiger partial charge in [-0.3, -0.25) is 9.59 Å². The van der Waals surface area contributed by atoms with Crippen molar-refractivity contribution >= 4 is 28.8 Å². The van der Waals surface area contributed by atoms with E-state index in [1.807, 2.05) is 0 Å². The van der Waals surface area contributed by atoms with Crippen LogP contribution in [-0.4, -0.2) is 32.9 Å². The van der Waals surface area contributed by atoms with E-state index in [4.69, 9.17) is 5.11 Å². The highest BCUT2D eigenvalue weighted by Gasteiger charge is 2.37. The molecule has 6 heteroatoms. The molecule has 5 nitrogen and oxygen atoms in total. The molecule has 0 aliphatic heterocycles. The number of hydrogen-bond donors (Lipinski definition) is 2. The summed E-state index contributed by atoms with van der Waals surface area (Å²) in [6.45, 7) is 5.81. The molecule has 0 aliphatic carbocycles. The zero-order chi connectivity index (χ0) is 12.2. The number of carbonyl (C=O) groups excluding carboxylic acids is 2. The number of carbonyl (C=O) groups is 3. The highest BCUT2D eigenvalue weighted by Crippen LogP contribution is 2.28. The SMILES string of the molecule is CC(=O)N[C@H](C(=O)O)C(C)(C)SC(C)=O. The summed E-state index contributed by atoms with van der Waals surface area (Å²) >= 11 is 0.901. The van der Waals surface area contributed by atoms with Crippen LogP contribution in [0.2, 0.25) is 0 Å². The van der Waals surface area contributed by atoms with Crippen LogP contribution >= 0.6 is 11.8 Å². The van der Waals surface area contributed by atoms with Crippen LogP contribution in [-0.2, 0) is 14.4 Å². The third-order valence-corrected chi connectivity index (χ3v) is 2.75. The lowest BCUT2D eigenvalue weighted by molar-refractivity contribution is -0.142. The fourth-order valence-corrected chi connectivity index (χ4v) is 2.18. The Morgan fingerprint density at radius 3 is 2.00 bits per heavy atom. The van der Waals surface area contributed by atoms with Crippen LogP contribution in [0.25, 0.3) is 0 Å². The fraction of sp³-hybridized carbons (Fsp3) is 0.667. The predicted molar refractivity (Wildman–Crippen MR) is 57.6 cm³/mol. The number of aliphatic carboxylic acids is 1. The molecule has 0 bridgehead atoms. The van der Waals surface area contributed by atoms with Crippen molar-refractivity contribution in [3.8, 4) is 0 Å². The molecule has 86 valence electrons. The van der Waals surface area contributed by atoms with Crippen LogP contribution in [0.1, 0.15) is 27.7 Å². The number of rotatable bonds is 4. The summed E-state index contributed by atoms with van der Waals surface area (Å²) < 4.78 is -0.872. The van der Waals surface area contributed by atoms with Gasteiger partial charge in [-0.2, -0.15) is 0 Å². The molecule has 0 spiro atoms. The minimum absolute atomic E-state index is 0.184. The molecule has 2 N–H and O–H groups in total. The van der Waals surface area contributed by atoms with E-state index < -0.39 is 22.7 Å². The number of thioether (sulfide) groups is 1. The predicted octanol–water partition coefficient (Wildman–Crippen LogP) is 0.634. The Balaban J connectivity index is 4.80. The van der Waals surface area contributed by atoms with Gasteiger partial charge >= 0.3 is 5.97 Å². The van der Waals surface area contributed by atoms with Gasteiger partial charge in [0.2, 0.25) is 5.91 Å². The molecule has 1 atom stereocenters. The average Bonchev–Trinajstić information content (AvgIpc) is 1.96. The second-order valence-corrected chi connectivity index (χ2v) is 5.50. The van der Waals surface area contributed by atoms with E-state index in [0.717, 1.165) is 11.8 Å². The van der Waals surface area contributed by atoms with Gasteiger partial charge in [0.25, 0.3) is 0 Å². The Kier molecular flexibility index (Phi) is 4.80. The third-order valence-electron chi connectivity index (χ3n) is 1.70. The highest BCUT2D eigenvalue weighted by molar-refractivity contribution is 8.14. The normalized spacial score (nSPS) is 13.1. The first kappa shape index (κ1) is 14.0. The number of hydrogen-bond acceptors (Lipinski definition) is 4. The maximum Gasteiger partial charge on any atom is 0.327 e. The van der Waals surface area contributed by atoms with Gasteiger partial charge in [-0.05, 0) is 13.8 Å². The molecule has 15 heavy (non-hydrogen) atoms. The second-order valence-electron chi connectivity index (χ2n) is 3.67. The molecule has 0 aliphatic rings. The summed E-state index contributed by atoms with van der Waals surface area (Å²) in [6, 6.07) is -1.08. The summed E-state index contributed by atoms with van der Waals surface area (Å²) in [6.07, 6.45) is 0. The minimum atomic E-state index is -1.15. The second kappa shape index (κ2) is 5.16. The topological polar surface area (TPSA) is 83.5 Å². The quantitative estimate of drug-likeness (QED) is 0.744. The van der Waals surface area contributed by atoms with Crippen molar-refractivity contribution in [2.45, 2.75) is 38.5 Å². The molecule has 0 aromatic carbocycles. The van der Waals surface area contributed by atoms with Gasteiger partial charge in [-0.15, -0.1) is 0 Å². The first-order chi connectivity index (χ1) is 6.66. The van der Waals surface area contributed by atoms with E-state index >= 15 is 0 Å². The summed E-state index contributed by atoms with van der Waals surface area (Å²) in [5.74, 6) is -1.58. The molecule has 0 aromatic rings. The lowest BCUT2D eigenvalue weighted by Gasteiger charge is -2.29. The van der Waals surface area contributed by atoms with Crippen LogP contribution in [0.5, 0.6) is 0 Å². The van der Waals surface area contributed by atoms with Crippen molar-refractivity contribution in [1.82, 2.24) is 5.32 Å². The van der Waals surface area contributed by atoms with Crippen LogP contribution in [0.4, 0.5) is 0 Å². The van der Waals surface area contributed by atoms with Gasteiger partial charge in [0.1, 0.15) is 6.04 Å². The van der Waals surface area contributed by atoms with Gasteiger partial charge in [0, 0.05) is 18.6 Å². The van der Waals surface area contributed by atoms with Gasteiger partial charge in [-0.25, -0.2) is 4.79 Å². The lowest BCUT2D eigenvalue weighted by atomic mass is 10.0. The lowest BCUT2D eigenvalue weighted by Crippen LogP contribution is -2.52. The van der Waals surface area contributed by atoms with Crippen molar-refractivity contribution in [3.05, 3.63) is 0 Å². The van der Waals surface area contributed by atoms with E-state index in [0.29, 0.717) is 0 Å². The fourth-order valence-electron chi connectivity index (χ4n) is 1.17. The molecule has 0 heterocycles. The van der Waals surface area contributed by atoms with Gasteiger partial charge in [0.15, 0.2) is 5.12 Å². The van der Waals surface area contributed by atoms with Crippen molar-refractivity contribution in [2.24, 2.45) is 0 Å². The Hall–Kier alpha value is -1.04. The maximum absolute atomic E-state index is 10.9. The Morgan fingerprint density at radius 2 is 1.73 bits per heavy atom. The molecule has 0 unspecified atom stereocenters. The Bertz CT molecular complexity index is 288. The molecule has 0 fully saturated rings. The largest absolute Gasteiger partial charge is 0.480 e. The maximum atomic E-state index is 10.9. The first-order valence-corrected chi connectivity index (χ1v) is 5.18. The van der Waals surface area contributed by atoms with Gasteiger partial charge in [-0.1, -0.05) is 11.8 Å². The smallest absolute Gasteiger partial charge is 0.327 e. The molecule has 0 radical (unpaired) electrons. The molecule has 0 rings (SSSR count). The van der Waals surface area contributed by atoms with Crippen molar-refractivity contribution in [3.63, 3.8) is 0 Å². The van der Waals surface area contributed by atoms with Crippen molar-refractivity contribution < 1.29 is 19.5 Å². The Morgan fingerprint density at radius 1 is 1.27 bits per heavy atom. The van der Waals surface area contributed by atoms with E-state index in [-0.39, 0.29) is 5.12 Å². The summed E-state index contributed by atoms with van der Waals surface area (Å²) in [5.41, 5.74) is 0. The first-order valence-electron chi connectivity index (χ1n) is 4.36. The van der Waals surface area contributed by atoms with Crippen molar-refractivity contribution in [1.29, 1.82) is 0 Å². The summed E-state index contributed by atoms with van der Waals surface area (Å²) in [4.78, 5) is 32.7. The molecule has 0 saturated carbocycles. The van der Waals surface area contributed by atoms with Crippen LogP contribution in [0.3, 0.4) is 0 Å². The van der Waals surface area contributed by atoms with Crippen LogP contribution in [0, 0.1) is 0 Å². The van der Waals surface area contributed by atoms with Gasteiger partial charge < -0.3 is 10.4 Å². The van der Waals surface area contributed by atoms with Crippen LogP contribution in [0.15, 0.2) is 0 Å². The van der Waals surface area contributed by atoms with E-state index in [1.165, 1.54) is 13.8 Å².